The van der Waals surface area contributed by atoms with Crippen LogP contribution in [0.25, 0.3) is 0 Å². The van der Waals surface area contributed by atoms with Crippen molar-refractivity contribution in [1.29, 1.82) is 0 Å². The molecule has 0 N–H and O–H groups in total. The number of anilines is 1. The van der Waals surface area contributed by atoms with Gasteiger partial charge in [0.15, 0.2) is 0 Å². The van der Waals surface area contributed by atoms with E-state index in [1.807, 2.05) is 4.90 Å². The first-order chi connectivity index (χ1) is 10.0. The average Bonchev–Trinajstić information content (AvgIpc) is 2.47. The standard InChI is InChI=1S/C13H16BrN3O4/c1-2-21-13(18)9-3-5-16(6-4-9)12-10(14)7-15-8-11(12)17(19)20/h7-9H,2-6H2,1H3. The summed E-state index contributed by atoms with van der Waals surface area (Å²) < 4.78 is 5.61. The minimum Gasteiger partial charge on any atom is -0.466 e. The molecule has 7 nitrogen and oxygen atoms in total. The fourth-order valence-electron chi connectivity index (χ4n) is 2.46. The van der Waals surface area contributed by atoms with Crippen molar-refractivity contribution in [1.82, 2.24) is 4.98 Å². The SMILES string of the molecule is CCOC(=O)C1CCN(c2c(Br)cncc2[N+](=O)[O-])CC1. The third kappa shape index (κ3) is 3.49. The zero-order valence-electron chi connectivity index (χ0n) is 11.6. The van der Waals surface area contributed by atoms with Crippen molar-refractivity contribution in [2.24, 2.45) is 5.92 Å². The molecular weight excluding hydrogens is 342 g/mol. The predicted molar refractivity (Wildman–Crippen MR) is 80.2 cm³/mol. The fraction of sp³-hybridized carbons (Fsp3) is 0.538. The van der Waals surface area contributed by atoms with Crippen molar-refractivity contribution in [3.8, 4) is 0 Å². The molecule has 0 spiro atoms. The van der Waals surface area contributed by atoms with Gasteiger partial charge in [-0.2, -0.15) is 0 Å². The summed E-state index contributed by atoms with van der Waals surface area (Å²) in [6, 6.07) is 0. The van der Waals surface area contributed by atoms with Gasteiger partial charge < -0.3 is 9.64 Å². The molecule has 0 atom stereocenters. The number of aromatic nitrogens is 1. The van der Waals surface area contributed by atoms with Crippen LogP contribution in [0.1, 0.15) is 19.8 Å². The summed E-state index contributed by atoms with van der Waals surface area (Å²) >= 11 is 3.32. The highest BCUT2D eigenvalue weighted by Gasteiger charge is 2.30. The van der Waals surface area contributed by atoms with Gasteiger partial charge in [-0.1, -0.05) is 0 Å². The van der Waals surface area contributed by atoms with Crippen LogP contribution in [0.15, 0.2) is 16.9 Å². The fourth-order valence-corrected chi connectivity index (χ4v) is 3.04. The number of halogens is 1. The Labute approximate surface area is 130 Å². The number of esters is 1. The van der Waals surface area contributed by atoms with Crippen LogP contribution in [0.4, 0.5) is 11.4 Å². The molecule has 114 valence electrons. The van der Waals surface area contributed by atoms with Gasteiger partial charge in [-0.3, -0.25) is 19.9 Å². The monoisotopic (exact) mass is 357 g/mol. The average molecular weight is 358 g/mol. The minimum atomic E-state index is -0.440. The first-order valence-electron chi connectivity index (χ1n) is 6.74. The molecule has 0 amide bonds. The molecule has 0 radical (unpaired) electrons. The molecule has 21 heavy (non-hydrogen) atoms. The van der Waals surface area contributed by atoms with Gasteiger partial charge in [0, 0.05) is 19.3 Å². The van der Waals surface area contributed by atoms with E-state index in [1.165, 1.54) is 6.20 Å². The van der Waals surface area contributed by atoms with E-state index in [0.29, 0.717) is 42.7 Å². The van der Waals surface area contributed by atoms with Gasteiger partial charge in [0.05, 0.1) is 21.9 Å². The van der Waals surface area contributed by atoms with E-state index >= 15 is 0 Å². The number of piperidine rings is 1. The van der Waals surface area contributed by atoms with E-state index in [4.69, 9.17) is 4.74 Å². The lowest BCUT2D eigenvalue weighted by Crippen LogP contribution is -2.37. The van der Waals surface area contributed by atoms with E-state index in [1.54, 1.807) is 13.1 Å². The lowest BCUT2D eigenvalue weighted by molar-refractivity contribution is -0.384. The van der Waals surface area contributed by atoms with Crippen LogP contribution >= 0.6 is 15.9 Å². The van der Waals surface area contributed by atoms with E-state index < -0.39 is 4.92 Å². The molecule has 0 saturated carbocycles. The highest BCUT2D eigenvalue weighted by Crippen LogP contribution is 2.36. The number of ether oxygens (including phenoxy) is 1. The smallest absolute Gasteiger partial charge is 0.311 e. The number of rotatable bonds is 4. The molecular formula is C13H16BrN3O4. The predicted octanol–water partition coefficient (Wildman–Crippen LogP) is 2.53. The molecule has 0 unspecified atom stereocenters. The molecule has 0 aliphatic carbocycles. The molecule has 1 fully saturated rings. The van der Waals surface area contributed by atoms with E-state index in [0.717, 1.165) is 0 Å². The van der Waals surface area contributed by atoms with Gasteiger partial charge in [-0.25, -0.2) is 0 Å². The molecule has 2 rings (SSSR count). The third-order valence-corrected chi connectivity index (χ3v) is 4.06. The molecule has 8 heteroatoms. The maximum Gasteiger partial charge on any atom is 0.311 e. The topological polar surface area (TPSA) is 85.6 Å². The number of carbonyl (C=O) groups excluding carboxylic acids is 1. The van der Waals surface area contributed by atoms with Crippen LogP contribution in [0.2, 0.25) is 0 Å². The molecule has 2 heterocycles. The van der Waals surface area contributed by atoms with Crippen molar-refractivity contribution < 1.29 is 14.5 Å². The van der Waals surface area contributed by atoms with Crippen LogP contribution in [-0.4, -0.2) is 35.6 Å². The second-order valence-electron chi connectivity index (χ2n) is 4.76. The van der Waals surface area contributed by atoms with Crippen LogP contribution in [-0.2, 0) is 9.53 Å². The summed E-state index contributed by atoms with van der Waals surface area (Å²) in [7, 11) is 0. The van der Waals surface area contributed by atoms with Crippen LogP contribution < -0.4 is 4.90 Å². The maximum atomic E-state index is 11.7. The number of hydrogen-bond donors (Lipinski definition) is 0. The minimum absolute atomic E-state index is 0.0287. The summed E-state index contributed by atoms with van der Waals surface area (Å²) in [6.07, 6.45) is 4.05. The Morgan fingerprint density at radius 2 is 2.19 bits per heavy atom. The number of hydrogen-bond acceptors (Lipinski definition) is 6. The number of pyridine rings is 1. The Morgan fingerprint density at radius 1 is 1.52 bits per heavy atom. The summed E-state index contributed by atoms with van der Waals surface area (Å²) in [5.74, 6) is -0.304. The molecule has 1 aromatic rings. The maximum absolute atomic E-state index is 11.7. The van der Waals surface area contributed by atoms with Gasteiger partial charge in [0.1, 0.15) is 11.9 Å². The second-order valence-corrected chi connectivity index (χ2v) is 5.61. The van der Waals surface area contributed by atoms with Gasteiger partial charge in [-0.05, 0) is 35.7 Å². The largest absolute Gasteiger partial charge is 0.466 e. The van der Waals surface area contributed by atoms with Crippen LogP contribution in [0.3, 0.4) is 0 Å². The van der Waals surface area contributed by atoms with E-state index in [9.17, 15) is 14.9 Å². The second kappa shape index (κ2) is 6.84. The molecule has 1 aliphatic rings. The molecule has 0 aromatic carbocycles. The van der Waals surface area contributed by atoms with Gasteiger partial charge in [0.2, 0.25) is 0 Å². The van der Waals surface area contributed by atoms with Crippen molar-refractivity contribution in [3.05, 3.63) is 27.0 Å². The van der Waals surface area contributed by atoms with Crippen LogP contribution in [0, 0.1) is 16.0 Å². The molecule has 1 aliphatic heterocycles. The van der Waals surface area contributed by atoms with Gasteiger partial charge in [0.25, 0.3) is 0 Å². The van der Waals surface area contributed by atoms with Gasteiger partial charge >= 0.3 is 11.7 Å². The van der Waals surface area contributed by atoms with Gasteiger partial charge in [-0.15, -0.1) is 0 Å². The number of carbonyl (C=O) groups is 1. The Balaban J connectivity index is 2.13. The molecule has 0 bridgehead atoms. The number of nitro groups is 1. The Kier molecular flexibility index (Phi) is 5.11. The van der Waals surface area contributed by atoms with Crippen molar-refractivity contribution in [3.63, 3.8) is 0 Å². The Morgan fingerprint density at radius 3 is 2.76 bits per heavy atom. The van der Waals surface area contributed by atoms with Crippen LogP contribution in [0.5, 0.6) is 0 Å². The quantitative estimate of drug-likeness (QED) is 0.467. The Bertz CT molecular complexity index is 544. The first kappa shape index (κ1) is 15.7. The lowest BCUT2D eigenvalue weighted by atomic mass is 9.96. The summed E-state index contributed by atoms with van der Waals surface area (Å²) in [5.41, 5.74) is 0.497. The summed E-state index contributed by atoms with van der Waals surface area (Å²) in [4.78, 5) is 28.1. The summed E-state index contributed by atoms with van der Waals surface area (Å²) in [5, 5.41) is 11.1. The van der Waals surface area contributed by atoms with Crippen molar-refractivity contribution in [2.75, 3.05) is 24.6 Å². The molecule has 1 saturated heterocycles. The zero-order chi connectivity index (χ0) is 15.4. The highest BCUT2D eigenvalue weighted by atomic mass is 79.9. The van der Waals surface area contributed by atoms with Crippen molar-refractivity contribution in [2.45, 2.75) is 19.8 Å². The number of nitrogens with zero attached hydrogens (tertiary/aromatic N) is 3. The summed E-state index contributed by atoms with van der Waals surface area (Å²) in [6.45, 7) is 3.31. The van der Waals surface area contributed by atoms with E-state index in [2.05, 4.69) is 20.9 Å². The zero-order valence-corrected chi connectivity index (χ0v) is 13.2. The molecule has 1 aromatic heterocycles. The lowest BCUT2D eigenvalue weighted by Gasteiger charge is -2.32. The third-order valence-electron chi connectivity index (χ3n) is 3.48. The first-order valence-corrected chi connectivity index (χ1v) is 7.53. The normalized spacial score (nSPS) is 15.8. The van der Waals surface area contributed by atoms with Crippen molar-refractivity contribution >= 4 is 33.3 Å². The van der Waals surface area contributed by atoms with E-state index in [-0.39, 0.29) is 17.6 Å². The highest BCUT2D eigenvalue weighted by molar-refractivity contribution is 9.10. The Hall–Kier alpha value is -1.70.